The molecule has 0 N–H and O–H groups in total. The molecule has 84 heavy (non-hydrogen) atoms. The van der Waals surface area contributed by atoms with Crippen LogP contribution in [-0.2, 0) is 5.41 Å². The molecule has 0 fully saturated rings. The molecule has 0 amide bonds. The van der Waals surface area contributed by atoms with Gasteiger partial charge in [0.25, 0.3) is 0 Å². The highest BCUT2D eigenvalue weighted by atomic mass is 32.1. The lowest BCUT2D eigenvalue weighted by molar-refractivity contribution is 0.790. The summed E-state index contributed by atoms with van der Waals surface area (Å²) in [6, 6.07) is 108. The maximum Gasteiger partial charge on any atom is 0.235 e. The molecule has 2 aliphatic carbocycles. The van der Waals surface area contributed by atoms with E-state index in [0.29, 0.717) is 5.95 Å². The van der Waals surface area contributed by atoms with E-state index in [0.717, 1.165) is 38.9 Å². The largest absolute Gasteiger partial charge is 0.277 e. The van der Waals surface area contributed by atoms with Gasteiger partial charge in [0, 0.05) is 53.4 Å². The van der Waals surface area contributed by atoms with Gasteiger partial charge in [-0.2, -0.15) is 0 Å². The summed E-state index contributed by atoms with van der Waals surface area (Å²) in [6.45, 7) is 0. The molecule has 390 valence electrons. The van der Waals surface area contributed by atoms with E-state index in [-0.39, 0.29) is 5.92 Å². The number of hydrogen-bond acceptors (Lipinski definition) is 3. The summed E-state index contributed by atoms with van der Waals surface area (Å²) < 4.78 is 4.92. The highest BCUT2D eigenvalue weighted by Gasteiger charge is 2.51. The third-order valence-electron chi connectivity index (χ3n) is 18.4. The Morgan fingerprint density at radius 2 is 0.845 bits per heavy atom. The van der Waals surface area contributed by atoms with Gasteiger partial charge in [0.2, 0.25) is 5.95 Å². The van der Waals surface area contributed by atoms with Crippen molar-refractivity contribution in [3.05, 3.63) is 330 Å². The first-order chi connectivity index (χ1) is 41.7. The lowest BCUT2D eigenvalue weighted by Crippen LogP contribution is -2.26. The summed E-state index contributed by atoms with van der Waals surface area (Å²) in [4.78, 5) is 11.1. The van der Waals surface area contributed by atoms with Crippen molar-refractivity contribution >= 4 is 74.9 Å². The summed E-state index contributed by atoms with van der Waals surface area (Å²) in [5.74, 6) is 0.513. The summed E-state index contributed by atoms with van der Waals surface area (Å²) in [5.41, 5.74) is 22.3. The molecule has 16 aromatic rings. The summed E-state index contributed by atoms with van der Waals surface area (Å²) in [5, 5.41) is 9.72. The zero-order valence-electron chi connectivity index (χ0n) is 45.5. The molecule has 3 heterocycles. The minimum atomic E-state index is -0.478. The standard InChI is InChI=1S/C80H49N3S/c1-4-21-49(22-5-1)50-39-41-54(42-40-50)72(55-43-45-60-59-31-16-19-38-67(59)80(68(60)47-55)65-36-17-14-29-57(65)58-30-15-18-37-66(58)80)63-34-20-35-64-73-61-32-12-13-33-62(61)76-75(78(73)84-77(63)64)74-56-28-11-10-23-51(56)44-46-71(74)83(76)79-81-69(52-24-6-2-7-25-52)48-70(82-79)53-26-8-3-9-27-53/h1-48,72H. The molecule has 3 aromatic heterocycles. The van der Waals surface area contributed by atoms with Gasteiger partial charge in [-0.3, -0.25) is 4.57 Å². The predicted molar refractivity (Wildman–Crippen MR) is 351 cm³/mol. The van der Waals surface area contributed by atoms with Crippen LogP contribution in [0.4, 0.5) is 0 Å². The average Bonchev–Trinajstić information content (AvgIpc) is 1.57. The Labute approximate surface area is 489 Å². The van der Waals surface area contributed by atoms with E-state index in [1.54, 1.807) is 0 Å². The number of benzene rings is 13. The first kappa shape index (κ1) is 47.2. The second kappa shape index (κ2) is 18.2. The molecular weight excluding hydrogens is 1030 g/mol. The van der Waals surface area contributed by atoms with Gasteiger partial charge >= 0.3 is 0 Å². The number of thiophene rings is 1. The van der Waals surface area contributed by atoms with Crippen LogP contribution in [0, 0.1) is 0 Å². The lowest BCUT2D eigenvalue weighted by Gasteiger charge is -2.31. The van der Waals surface area contributed by atoms with Crippen LogP contribution < -0.4 is 0 Å². The SMILES string of the molecule is c1ccc(-c2ccc(C(c3ccc4c(c3)C3(c5ccccc5-c5ccccc53)c3ccccc3-4)c3cccc4c3sc3c4c4ccccc4c4c3c3c5ccccc5ccc3n4-c3nc(-c4ccccc4)cc(-c4ccccc4)n3)cc2)cc1. The van der Waals surface area contributed by atoms with Crippen molar-refractivity contribution in [3.8, 4) is 61.8 Å². The molecular formula is C80H49N3S. The smallest absolute Gasteiger partial charge is 0.235 e. The Balaban J connectivity index is 0.939. The topological polar surface area (TPSA) is 30.7 Å². The summed E-state index contributed by atoms with van der Waals surface area (Å²) in [7, 11) is 0. The van der Waals surface area contributed by atoms with Crippen molar-refractivity contribution in [2.75, 3.05) is 0 Å². The number of fused-ring (bicyclic) bond motifs is 22. The van der Waals surface area contributed by atoms with Crippen molar-refractivity contribution in [2.45, 2.75) is 11.3 Å². The molecule has 1 unspecified atom stereocenters. The summed E-state index contributed by atoms with van der Waals surface area (Å²) in [6.07, 6.45) is 0. The van der Waals surface area contributed by atoms with Gasteiger partial charge in [-0.1, -0.05) is 279 Å². The number of nitrogens with zero attached hydrogens (tertiary/aromatic N) is 3. The maximum atomic E-state index is 5.56. The van der Waals surface area contributed by atoms with E-state index >= 15 is 0 Å². The average molecular weight is 1080 g/mol. The molecule has 2 aliphatic rings. The van der Waals surface area contributed by atoms with Crippen molar-refractivity contribution in [2.24, 2.45) is 0 Å². The lowest BCUT2D eigenvalue weighted by atomic mass is 9.70. The van der Waals surface area contributed by atoms with Crippen LogP contribution in [0.25, 0.3) is 125 Å². The number of aromatic nitrogens is 3. The van der Waals surface area contributed by atoms with E-state index < -0.39 is 5.41 Å². The molecule has 13 aromatic carbocycles. The molecule has 0 bridgehead atoms. The fourth-order valence-corrected chi connectivity index (χ4v) is 16.3. The van der Waals surface area contributed by atoms with Crippen LogP contribution in [0.2, 0.25) is 0 Å². The van der Waals surface area contributed by atoms with Gasteiger partial charge in [-0.15, -0.1) is 11.3 Å². The molecule has 4 heteroatoms. The van der Waals surface area contributed by atoms with Crippen LogP contribution in [0.5, 0.6) is 0 Å². The minimum absolute atomic E-state index is 0.126. The second-order valence-electron chi connectivity index (χ2n) is 22.6. The Kier molecular flexibility index (Phi) is 10.2. The van der Waals surface area contributed by atoms with Crippen molar-refractivity contribution in [1.29, 1.82) is 0 Å². The molecule has 0 radical (unpaired) electrons. The summed E-state index contributed by atoms with van der Waals surface area (Å²) >= 11 is 1.94. The first-order valence-electron chi connectivity index (χ1n) is 29.0. The number of hydrogen-bond donors (Lipinski definition) is 0. The highest BCUT2D eigenvalue weighted by Crippen LogP contribution is 2.63. The van der Waals surface area contributed by atoms with Gasteiger partial charge in [0.1, 0.15) is 0 Å². The van der Waals surface area contributed by atoms with Gasteiger partial charge in [0.05, 0.1) is 27.8 Å². The van der Waals surface area contributed by atoms with Crippen LogP contribution in [-0.4, -0.2) is 14.5 Å². The van der Waals surface area contributed by atoms with Crippen molar-refractivity contribution in [1.82, 2.24) is 14.5 Å². The second-order valence-corrected chi connectivity index (χ2v) is 23.6. The first-order valence-corrected chi connectivity index (χ1v) is 29.8. The Bertz CT molecular complexity index is 5250. The monoisotopic (exact) mass is 1080 g/mol. The fourth-order valence-electron chi connectivity index (χ4n) is 14.9. The Morgan fingerprint density at radius 1 is 0.333 bits per heavy atom. The highest BCUT2D eigenvalue weighted by molar-refractivity contribution is 7.27. The zero-order chi connectivity index (χ0) is 55.0. The molecule has 1 atom stereocenters. The van der Waals surface area contributed by atoms with E-state index in [2.05, 4.69) is 296 Å². The fraction of sp³-hybridized carbons (Fsp3) is 0.0250. The van der Waals surface area contributed by atoms with Gasteiger partial charge in [-0.25, -0.2) is 9.97 Å². The normalized spacial score (nSPS) is 13.3. The van der Waals surface area contributed by atoms with Crippen LogP contribution in [0.3, 0.4) is 0 Å². The van der Waals surface area contributed by atoms with Crippen LogP contribution >= 0.6 is 11.3 Å². The molecule has 18 rings (SSSR count). The van der Waals surface area contributed by atoms with Gasteiger partial charge in [-0.05, 0) is 101 Å². The van der Waals surface area contributed by atoms with Crippen molar-refractivity contribution < 1.29 is 0 Å². The van der Waals surface area contributed by atoms with E-state index in [1.165, 1.54) is 119 Å². The van der Waals surface area contributed by atoms with Crippen LogP contribution in [0.1, 0.15) is 44.9 Å². The van der Waals surface area contributed by atoms with E-state index in [4.69, 9.17) is 9.97 Å². The predicted octanol–water partition coefficient (Wildman–Crippen LogP) is 20.8. The molecule has 3 nitrogen and oxygen atoms in total. The number of rotatable bonds is 7. The van der Waals surface area contributed by atoms with E-state index in [9.17, 15) is 0 Å². The Hall–Kier alpha value is -10.5. The maximum absolute atomic E-state index is 5.56. The van der Waals surface area contributed by atoms with E-state index in [1.807, 2.05) is 11.3 Å². The minimum Gasteiger partial charge on any atom is -0.277 e. The quantitative estimate of drug-likeness (QED) is 0.149. The third-order valence-corrected chi connectivity index (χ3v) is 19.6. The molecule has 0 saturated carbocycles. The zero-order valence-corrected chi connectivity index (χ0v) is 46.4. The van der Waals surface area contributed by atoms with Gasteiger partial charge in [0.15, 0.2) is 0 Å². The van der Waals surface area contributed by atoms with Gasteiger partial charge < -0.3 is 0 Å². The van der Waals surface area contributed by atoms with Crippen LogP contribution in [0.15, 0.2) is 291 Å². The third kappa shape index (κ3) is 6.68. The Morgan fingerprint density at radius 3 is 1.49 bits per heavy atom. The van der Waals surface area contributed by atoms with Crippen molar-refractivity contribution in [3.63, 3.8) is 0 Å². The molecule has 1 spiro atoms. The molecule has 0 saturated heterocycles. The molecule has 0 aliphatic heterocycles.